The van der Waals surface area contributed by atoms with Gasteiger partial charge in [0, 0.05) is 15.1 Å². The van der Waals surface area contributed by atoms with Crippen LogP contribution < -0.4 is 5.32 Å². The van der Waals surface area contributed by atoms with Crippen LogP contribution in [0.4, 0.5) is 5.69 Å². The summed E-state index contributed by atoms with van der Waals surface area (Å²) in [6, 6.07) is 11.1. The van der Waals surface area contributed by atoms with Crippen molar-refractivity contribution in [3.8, 4) is 0 Å². The monoisotopic (exact) mass is 337 g/mol. The van der Waals surface area contributed by atoms with E-state index in [0.717, 1.165) is 21.3 Å². The Morgan fingerprint density at radius 3 is 2.58 bits per heavy atom. The lowest BCUT2D eigenvalue weighted by atomic mass is 10.1. The summed E-state index contributed by atoms with van der Waals surface area (Å²) in [5.74, 6) is -0.162. The quantitative estimate of drug-likeness (QED) is 0.823. The summed E-state index contributed by atoms with van der Waals surface area (Å²) in [6.45, 7) is 3.88. The first-order valence-electron chi connectivity index (χ1n) is 5.81. The maximum Gasteiger partial charge on any atom is 0.256 e. The second kappa shape index (κ2) is 5.76. The Balaban J connectivity index is 2.28. The zero-order chi connectivity index (χ0) is 14.0. The van der Waals surface area contributed by atoms with Gasteiger partial charge in [-0.25, -0.2) is 0 Å². The molecule has 0 aliphatic carbocycles. The molecule has 0 unspecified atom stereocenters. The van der Waals surface area contributed by atoms with E-state index in [1.807, 2.05) is 38.1 Å². The van der Waals surface area contributed by atoms with Crippen LogP contribution in [0.5, 0.6) is 0 Å². The molecule has 0 spiro atoms. The van der Waals surface area contributed by atoms with Crippen LogP contribution in [0.3, 0.4) is 0 Å². The molecule has 0 aliphatic rings. The largest absolute Gasteiger partial charge is 0.321 e. The van der Waals surface area contributed by atoms with E-state index in [4.69, 9.17) is 11.6 Å². The Bertz CT molecular complexity index is 640. The van der Waals surface area contributed by atoms with E-state index in [1.54, 1.807) is 12.1 Å². The van der Waals surface area contributed by atoms with Gasteiger partial charge in [-0.15, -0.1) is 0 Å². The molecule has 98 valence electrons. The molecule has 0 aromatic heterocycles. The Labute approximate surface area is 125 Å². The standard InChI is InChI=1S/C15H13BrClNO/c1-9-3-6-14(13(16)7-9)18-15(19)12-8-11(17)5-4-10(12)2/h3-8H,1-2H3,(H,18,19). The first-order chi connectivity index (χ1) is 8.97. The lowest BCUT2D eigenvalue weighted by molar-refractivity contribution is 0.102. The van der Waals surface area contributed by atoms with Crippen molar-refractivity contribution in [3.05, 3.63) is 62.6 Å². The fourth-order valence-corrected chi connectivity index (χ4v) is 2.51. The number of anilines is 1. The van der Waals surface area contributed by atoms with Gasteiger partial charge in [0.05, 0.1) is 5.69 Å². The number of hydrogen-bond acceptors (Lipinski definition) is 1. The van der Waals surface area contributed by atoms with E-state index < -0.39 is 0 Å². The number of carbonyl (C=O) groups is 1. The fraction of sp³-hybridized carbons (Fsp3) is 0.133. The second-order valence-corrected chi connectivity index (χ2v) is 5.69. The summed E-state index contributed by atoms with van der Waals surface area (Å²) < 4.78 is 0.862. The number of benzene rings is 2. The summed E-state index contributed by atoms with van der Waals surface area (Å²) in [5.41, 5.74) is 3.35. The highest BCUT2D eigenvalue weighted by atomic mass is 79.9. The van der Waals surface area contributed by atoms with E-state index in [-0.39, 0.29) is 5.91 Å². The van der Waals surface area contributed by atoms with E-state index in [0.29, 0.717) is 10.6 Å². The summed E-state index contributed by atoms with van der Waals surface area (Å²) >= 11 is 9.37. The topological polar surface area (TPSA) is 29.1 Å². The van der Waals surface area contributed by atoms with Gasteiger partial charge >= 0.3 is 0 Å². The normalized spacial score (nSPS) is 10.3. The van der Waals surface area contributed by atoms with Crippen molar-refractivity contribution in [2.75, 3.05) is 5.32 Å². The van der Waals surface area contributed by atoms with E-state index in [1.165, 1.54) is 0 Å². The minimum atomic E-state index is -0.162. The number of nitrogens with one attached hydrogen (secondary N) is 1. The average molecular weight is 339 g/mol. The summed E-state index contributed by atoms with van der Waals surface area (Å²) in [4.78, 5) is 12.2. The first kappa shape index (κ1) is 14.1. The molecule has 1 amide bonds. The molecule has 0 heterocycles. The molecule has 0 bridgehead atoms. The SMILES string of the molecule is Cc1ccc(NC(=O)c2cc(Cl)ccc2C)c(Br)c1. The van der Waals surface area contributed by atoms with E-state index in [9.17, 15) is 4.79 Å². The van der Waals surface area contributed by atoms with Crippen molar-refractivity contribution in [3.63, 3.8) is 0 Å². The molecule has 4 heteroatoms. The molecule has 0 saturated carbocycles. The maximum absolute atomic E-state index is 12.2. The third kappa shape index (κ3) is 3.37. The third-order valence-electron chi connectivity index (χ3n) is 2.82. The first-order valence-corrected chi connectivity index (χ1v) is 6.98. The van der Waals surface area contributed by atoms with Gasteiger partial charge in [-0.2, -0.15) is 0 Å². The Morgan fingerprint density at radius 1 is 1.16 bits per heavy atom. The zero-order valence-corrected chi connectivity index (χ0v) is 13.0. The number of hydrogen-bond donors (Lipinski definition) is 1. The predicted octanol–water partition coefficient (Wildman–Crippen LogP) is 4.97. The van der Waals surface area contributed by atoms with Crippen LogP contribution in [0.2, 0.25) is 5.02 Å². The van der Waals surface area contributed by atoms with Crippen molar-refractivity contribution in [2.45, 2.75) is 13.8 Å². The summed E-state index contributed by atoms with van der Waals surface area (Å²) in [5, 5.41) is 3.43. The third-order valence-corrected chi connectivity index (χ3v) is 3.71. The highest BCUT2D eigenvalue weighted by Gasteiger charge is 2.11. The number of halogens is 2. The second-order valence-electron chi connectivity index (χ2n) is 4.40. The Kier molecular flexibility index (Phi) is 4.27. The number of amides is 1. The van der Waals surface area contributed by atoms with Crippen LogP contribution in [0.1, 0.15) is 21.5 Å². The molecule has 0 atom stereocenters. The van der Waals surface area contributed by atoms with Gasteiger partial charge < -0.3 is 5.32 Å². The van der Waals surface area contributed by atoms with E-state index in [2.05, 4.69) is 21.2 Å². The molecule has 1 N–H and O–H groups in total. The molecular formula is C15H13BrClNO. The Morgan fingerprint density at radius 2 is 1.89 bits per heavy atom. The van der Waals surface area contributed by atoms with Crippen LogP contribution >= 0.6 is 27.5 Å². The lowest BCUT2D eigenvalue weighted by Crippen LogP contribution is -2.13. The van der Waals surface area contributed by atoms with Crippen molar-refractivity contribution in [1.82, 2.24) is 0 Å². The minimum Gasteiger partial charge on any atom is -0.321 e. The average Bonchev–Trinajstić information content (AvgIpc) is 2.35. The molecule has 2 rings (SSSR count). The lowest BCUT2D eigenvalue weighted by Gasteiger charge is -2.10. The number of rotatable bonds is 2. The molecule has 0 aliphatic heterocycles. The highest BCUT2D eigenvalue weighted by molar-refractivity contribution is 9.10. The van der Waals surface area contributed by atoms with Gasteiger partial charge in [0.2, 0.25) is 0 Å². The van der Waals surface area contributed by atoms with Gasteiger partial charge in [-0.3, -0.25) is 4.79 Å². The Hall–Kier alpha value is -1.32. The van der Waals surface area contributed by atoms with Crippen molar-refractivity contribution in [1.29, 1.82) is 0 Å². The fourth-order valence-electron chi connectivity index (χ4n) is 1.75. The number of carbonyl (C=O) groups excluding carboxylic acids is 1. The zero-order valence-electron chi connectivity index (χ0n) is 10.6. The molecular weight excluding hydrogens is 326 g/mol. The van der Waals surface area contributed by atoms with Crippen molar-refractivity contribution < 1.29 is 4.79 Å². The maximum atomic E-state index is 12.2. The van der Waals surface area contributed by atoms with Gasteiger partial charge in [0.1, 0.15) is 0 Å². The minimum absolute atomic E-state index is 0.162. The highest BCUT2D eigenvalue weighted by Crippen LogP contribution is 2.24. The molecule has 0 fully saturated rings. The van der Waals surface area contributed by atoms with E-state index >= 15 is 0 Å². The molecule has 0 saturated heterocycles. The van der Waals surface area contributed by atoms with Gasteiger partial charge in [0.25, 0.3) is 5.91 Å². The molecule has 2 aromatic rings. The van der Waals surface area contributed by atoms with Crippen LogP contribution in [0.15, 0.2) is 40.9 Å². The van der Waals surface area contributed by atoms with Crippen molar-refractivity contribution >= 4 is 39.1 Å². The smallest absolute Gasteiger partial charge is 0.256 e. The number of aryl methyl sites for hydroxylation is 2. The van der Waals surface area contributed by atoms with Crippen LogP contribution in [-0.4, -0.2) is 5.91 Å². The molecule has 2 nitrogen and oxygen atoms in total. The molecule has 2 aromatic carbocycles. The molecule has 0 radical (unpaired) electrons. The molecule has 19 heavy (non-hydrogen) atoms. The van der Waals surface area contributed by atoms with Gasteiger partial charge in [-0.05, 0) is 65.2 Å². The van der Waals surface area contributed by atoms with Crippen LogP contribution in [0.25, 0.3) is 0 Å². The predicted molar refractivity (Wildman–Crippen MR) is 83.0 cm³/mol. The van der Waals surface area contributed by atoms with Crippen molar-refractivity contribution in [2.24, 2.45) is 0 Å². The summed E-state index contributed by atoms with van der Waals surface area (Å²) in [7, 11) is 0. The summed E-state index contributed by atoms with van der Waals surface area (Å²) in [6.07, 6.45) is 0. The van der Waals surface area contributed by atoms with Gasteiger partial charge in [0.15, 0.2) is 0 Å². The van der Waals surface area contributed by atoms with Gasteiger partial charge in [-0.1, -0.05) is 23.7 Å². The van der Waals surface area contributed by atoms with Crippen LogP contribution in [0, 0.1) is 13.8 Å². The van der Waals surface area contributed by atoms with Crippen LogP contribution in [-0.2, 0) is 0 Å².